The van der Waals surface area contributed by atoms with Crippen molar-refractivity contribution in [2.45, 2.75) is 89.6 Å². The lowest BCUT2D eigenvalue weighted by Crippen LogP contribution is -2.25. The standard InChI is InChI=1S/C25H33F5/c1-2-3-4-5-6-17-7-9-18(10-8-17)19-11-13-20(14-12-19)21-15-22(26)24(23(27)16-21)25(28,29)30/h2-3,15-20H,4-14H2,1H3. The Bertz CT molecular complexity index is 682. The summed E-state index contributed by atoms with van der Waals surface area (Å²) in [5.41, 5.74) is -1.40. The molecule has 0 aliphatic heterocycles. The highest BCUT2D eigenvalue weighted by atomic mass is 19.4. The number of benzene rings is 1. The van der Waals surface area contributed by atoms with Crippen LogP contribution in [-0.4, -0.2) is 0 Å². The first-order valence-corrected chi connectivity index (χ1v) is 11.5. The van der Waals surface area contributed by atoms with Crippen LogP contribution < -0.4 is 0 Å². The van der Waals surface area contributed by atoms with E-state index < -0.39 is 23.4 Å². The topological polar surface area (TPSA) is 0 Å². The molecule has 30 heavy (non-hydrogen) atoms. The molecule has 1 aromatic carbocycles. The molecule has 2 fully saturated rings. The number of hydrogen-bond donors (Lipinski definition) is 0. The van der Waals surface area contributed by atoms with E-state index in [2.05, 4.69) is 19.1 Å². The van der Waals surface area contributed by atoms with E-state index in [-0.39, 0.29) is 5.92 Å². The van der Waals surface area contributed by atoms with Crippen molar-refractivity contribution in [3.8, 4) is 0 Å². The molecule has 0 saturated heterocycles. The quantitative estimate of drug-likeness (QED) is 0.241. The second kappa shape index (κ2) is 10.3. The van der Waals surface area contributed by atoms with E-state index in [1.165, 1.54) is 44.9 Å². The molecular weight excluding hydrogens is 395 g/mol. The zero-order valence-electron chi connectivity index (χ0n) is 17.8. The van der Waals surface area contributed by atoms with Crippen LogP contribution in [-0.2, 0) is 6.18 Å². The van der Waals surface area contributed by atoms with Gasteiger partial charge in [0.25, 0.3) is 0 Å². The van der Waals surface area contributed by atoms with E-state index in [4.69, 9.17) is 0 Å². The maximum absolute atomic E-state index is 13.9. The van der Waals surface area contributed by atoms with Crippen molar-refractivity contribution in [2.75, 3.05) is 0 Å². The molecular formula is C25H33F5. The predicted molar refractivity (Wildman–Crippen MR) is 110 cm³/mol. The van der Waals surface area contributed by atoms with Crippen LogP contribution in [0, 0.1) is 29.4 Å². The molecule has 0 nitrogen and oxygen atoms in total. The van der Waals surface area contributed by atoms with Gasteiger partial charge in [-0.05, 0) is 99.7 Å². The third kappa shape index (κ3) is 5.85. The Kier molecular flexibility index (Phi) is 7.98. The molecule has 0 heterocycles. The molecule has 5 heteroatoms. The maximum Gasteiger partial charge on any atom is 0.422 e. The van der Waals surface area contributed by atoms with E-state index in [0.29, 0.717) is 11.5 Å². The highest BCUT2D eigenvalue weighted by molar-refractivity contribution is 5.30. The first-order valence-electron chi connectivity index (χ1n) is 11.5. The first-order chi connectivity index (χ1) is 14.3. The van der Waals surface area contributed by atoms with Crippen molar-refractivity contribution in [1.82, 2.24) is 0 Å². The van der Waals surface area contributed by atoms with E-state index in [1.807, 2.05) is 0 Å². The molecule has 3 rings (SSSR count). The van der Waals surface area contributed by atoms with Gasteiger partial charge >= 0.3 is 6.18 Å². The molecule has 0 atom stereocenters. The fourth-order valence-corrected chi connectivity index (χ4v) is 5.66. The predicted octanol–water partition coefficient (Wildman–Crippen LogP) is 8.81. The second-order valence-electron chi connectivity index (χ2n) is 9.25. The Balaban J connectivity index is 1.49. The van der Waals surface area contributed by atoms with Crippen LogP contribution in [0.15, 0.2) is 24.3 Å². The zero-order chi connectivity index (χ0) is 21.7. The average molecular weight is 429 g/mol. The van der Waals surface area contributed by atoms with Crippen molar-refractivity contribution in [1.29, 1.82) is 0 Å². The average Bonchev–Trinajstić information content (AvgIpc) is 2.70. The minimum atomic E-state index is -5.00. The Morgan fingerprint density at radius 1 is 0.867 bits per heavy atom. The molecule has 0 amide bonds. The van der Waals surface area contributed by atoms with Gasteiger partial charge in [-0.15, -0.1) is 0 Å². The first kappa shape index (κ1) is 23.3. The van der Waals surface area contributed by atoms with Gasteiger partial charge in [-0.25, -0.2) is 8.78 Å². The van der Waals surface area contributed by atoms with E-state index >= 15 is 0 Å². The van der Waals surface area contributed by atoms with Gasteiger partial charge in [0.15, 0.2) is 0 Å². The van der Waals surface area contributed by atoms with Gasteiger partial charge < -0.3 is 0 Å². The van der Waals surface area contributed by atoms with E-state index in [0.717, 1.165) is 49.7 Å². The van der Waals surface area contributed by atoms with Gasteiger partial charge in [0.1, 0.15) is 17.2 Å². The van der Waals surface area contributed by atoms with E-state index in [1.54, 1.807) is 0 Å². The van der Waals surface area contributed by atoms with Gasteiger partial charge in [0, 0.05) is 0 Å². The number of hydrogen-bond acceptors (Lipinski definition) is 0. The molecule has 0 bridgehead atoms. The molecule has 1 aromatic rings. The number of alkyl halides is 3. The van der Waals surface area contributed by atoms with Gasteiger partial charge in [-0.3, -0.25) is 0 Å². The normalized spacial score (nSPS) is 28.2. The Labute approximate surface area is 176 Å². The molecule has 0 unspecified atom stereocenters. The monoisotopic (exact) mass is 428 g/mol. The van der Waals surface area contributed by atoms with Gasteiger partial charge in [-0.1, -0.05) is 31.4 Å². The molecule has 0 N–H and O–H groups in total. The fraction of sp³-hybridized carbons (Fsp3) is 0.680. The SMILES string of the molecule is CC=CCCCC1CCC(C2CCC(c3cc(F)c(C(F)(F)F)c(F)c3)CC2)CC1. The largest absolute Gasteiger partial charge is 0.422 e. The lowest BCUT2D eigenvalue weighted by atomic mass is 9.68. The lowest BCUT2D eigenvalue weighted by molar-refractivity contribution is -0.142. The van der Waals surface area contributed by atoms with Crippen molar-refractivity contribution in [3.05, 3.63) is 47.0 Å². The van der Waals surface area contributed by atoms with Gasteiger partial charge in [0.2, 0.25) is 0 Å². The van der Waals surface area contributed by atoms with Crippen LogP contribution in [0.4, 0.5) is 22.0 Å². The summed E-state index contributed by atoms with van der Waals surface area (Å²) in [6.45, 7) is 2.06. The molecule has 2 aliphatic carbocycles. The van der Waals surface area contributed by atoms with Crippen LogP contribution in [0.3, 0.4) is 0 Å². The summed E-state index contributed by atoms with van der Waals surface area (Å²) in [7, 11) is 0. The second-order valence-corrected chi connectivity index (χ2v) is 9.25. The van der Waals surface area contributed by atoms with Crippen molar-refractivity contribution in [2.24, 2.45) is 17.8 Å². The van der Waals surface area contributed by atoms with Crippen molar-refractivity contribution < 1.29 is 22.0 Å². The van der Waals surface area contributed by atoms with Crippen LogP contribution in [0.5, 0.6) is 0 Å². The van der Waals surface area contributed by atoms with Crippen molar-refractivity contribution in [3.63, 3.8) is 0 Å². The molecule has 0 spiro atoms. The van der Waals surface area contributed by atoms with Crippen LogP contribution in [0.2, 0.25) is 0 Å². The van der Waals surface area contributed by atoms with Crippen LogP contribution in [0.25, 0.3) is 0 Å². The van der Waals surface area contributed by atoms with E-state index in [9.17, 15) is 22.0 Å². The highest BCUT2D eigenvalue weighted by Crippen LogP contribution is 2.45. The number of unbranched alkanes of at least 4 members (excludes halogenated alkanes) is 1. The Morgan fingerprint density at radius 3 is 1.90 bits per heavy atom. The third-order valence-electron chi connectivity index (χ3n) is 7.37. The summed E-state index contributed by atoms with van der Waals surface area (Å²) in [5, 5.41) is 0. The summed E-state index contributed by atoms with van der Waals surface area (Å²) >= 11 is 0. The summed E-state index contributed by atoms with van der Waals surface area (Å²) in [5.74, 6) is -0.802. The zero-order valence-corrected chi connectivity index (χ0v) is 17.8. The molecule has 168 valence electrons. The maximum atomic E-state index is 13.9. The lowest BCUT2D eigenvalue weighted by Gasteiger charge is -2.38. The smallest absolute Gasteiger partial charge is 0.206 e. The molecule has 0 radical (unpaired) electrons. The van der Waals surface area contributed by atoms with Gasteiger partial charge in [-0.2, -0.15) is 13.2 Å². The highest BCUT2D eigenvalue weighted by Gasteiger charge is 2.39. The fourth-order valence-electron chi connectivity index (χ4n) is 5.66. The number of allylic oxidation sites excluding steroid dienone is 2. The molecule has 2 aliphatic rings. The Hall–Kier alpha value is -1.39. The number of halogens is 5. The molecule has 0 aromatic heterocycles. The van der Waals surface area contributed by atoms with Gasteiger partial charge in [0.05, 0.1) is 0 Å². The van der Waals surface area contributed by atoms with Crippen molar-refractivity contribution >= 4 is 0 Å². The summed E-state index contributed by atoms with van der Waals surface area (Å²) in [4.78, 5) is 0. The van der Waals surface area contributed by atoms with Crippen LogP contribution >= 0.6 is 0 Å². The minimum absolute atomic E-state index is 0.0458. The Morgan fingerprint density at radius 2 is 1.40 bits per heavy atom. The number of rotatable bonds is 6. The summed E-state index contributed by atoms with van der Waals surface area (Å²) in [6.07, 6.45) is 11.9. The summed E-state index contributed by atoms with van der Waals surface area (Å²) < 4.78 is 66.2. The third-order valence-corrected chi connectivity index (χ3v) is 7.37. The van der Waals surface area contributed by atoms with Crippen LogP contribution in [0.1, 0.15) is 94.6 Å². The minimum Gasteiger partial charge on any atom is -0.206 e. The summed E-state index contributed by atoms with van der Waals surface area (Å²) in [6, 6.07) is 1.80. The molecule has 2 saturated carbocycles.